The van der Waals surface area contributed by atoms with Gasteiger partial charge in [0.2, 0.25) is 0 Å². The van der Waals surface area contributed by atoms with E-state index in [1.807, 2.05) is 4.90 Å². The van der Waals surface area contributed by atoms with Gasteiger partial charge in [0.15, 0.2) is 0 Å². The molecule has 0 aliphatic carbocycles. The smallest absolute Gasteiger partial charge is 0.319 e. The zero-order valence-corrected chi connectivity index (χ0v) is 13.2. The summed E-state index contributed by atoms with van der Waals surface area (Å²) in [7, 11) is 1.38. The van der Waals surface area contributed by atoms with Crippen LogP contribution >= 0.6 is 23.2 Å². The van der Waals surface area contributed by atoms with Crippen LogP contribution in [0, 0.1) is 0 Å². The number of esters is 1. The number of benzene rings is 1. The Bertz CT molecular complexity index is 498. The molecular weight excluding hydrogens is 317 g/mol. The molecule has 0 amide bonds. The molecule has 1 aliphatic rings. The Morgan fingerprint density at radius 1 is 1.48 bits per heavy atom. The fourth-order valence-electron chi connectivity index (χ4n) is 2.04. The number of morpholine rings is 1. The summed E-state index contributed by atoms with van der Waals surface area (Å²) in [5.74, 6) is 0.271. The van der Waals surface area contributed by atoms with Crippen LogP contribution in [0.4, 0.5) is 0 Å². The molecule has 1 saturated heterocycles. The summed E-state index contributed by atoms with van der Waals surface area (Å²) in [4.78, 5) is 13.3. The third-order valence-corrected chi connectivity index (χ3v) is 3.67. The summed E-state index contributed by atoms with van der Waals surface area (Å²) in [5, 5.41) is 1.06. The van der Waals surface area contributed by atoms with E-state index in [1.165, 1.54) is 7.11 Å². The second-order valence-electron chi connectivity index (χ2n) is 4.69. The van der Waals surface area contributed by atoms with Gasteiger partial charge in [-0.1, -0.05) is 23.2 Å². The number of halogens is 2. The predicted molar refractivity (Wildman–Crippen MR) is 80.2 cm³/mol. The maximum atomic E-state index is 11.3. The van der Waals surface area contributed by atoms with Gasteiger partial charge in [-0.3, -0.25) is 9.69 Å². The van der Waals surface area contributed by atoms with Crippen LogP contribution in [0.5, 0.6) is 5.75 Å². The van der Waals surface area contributed by atoms with Crippen LogP contribution in [0.3, 0.4) is 0 Å². The second-order valence-corrected chi connectivity index (χ2v) is 5.53. The highest BCUT2D eigenvalue weighted by atomic mass is 35.5. The van der Waals surface area contributed by atoms with E-state index in [0.717, 1.165) is 0 Å². The van der Waals surface area contributed by atoms with Gasteiger partial charge in [0.05, 0.1) is 25.3 Å². The Balaban J connectivity index is 1.85. The molecule has 1 atom stereocenters. The zero-order valence-electron chi connectivity index (χ0n) is 11.7. The summed E-state index contributed by atoms with van der Waals surface area (Å²) in [6.45, 7) is 2.46. The molecule has 1 heterocycles. The number of carbonyl (C=O) groups is 1. The molecule has 2 rings (SSSR count). The molecule has 5 nitrogen and oxygen atoms in total. The molecule has 116 valence electrons. The van der Waals surface area contributed by atoms with E-state index in [0.29, 0.717) is 42.1 Å². The highest BCUT2D eigenvalue weighted by Gasteiger charge is 2.23. The molecule has 0 saturated carbocycles. The lowest BCUT2D eigenvalue weighted by Crippen LogP contribution is -2.46. The van der Waals surface area contributed by atoms with E-state index in [9.17, 15) is 4.79 Å². The maximum Gasteiger partial charge on any atom is 0.319 e. The van der Waals surface area contributed by atoms with Crippen molar-refractivity contribution >= 4 is 29.2 Å². The van der Waals surface area contributed by atoms with Gasteiger partial charge in [-0.15, -0.1) is 0 Å². The SMILES string of the molecule is COC(=O)CN1CCO[C@@H](COc2cc(Cl)ccc2Cl)C1. The number of hydrogen-bond acceptors (Lipinski definition) is 5. The van der Waals surface area contributed by atoms with Crippen LogP contribution in [0.2, 0.25) is 10.0 Å². The third-order valence-electron chi connectivity index (χ3n) is 3.12. The Morgan fingerprint density at radius 2 is 2.29 bits per heavy atom. The van der Waals surface area contributed by atoms with Crippen LogP contribution in [0.25, 0.3) is 0 Å². The number of hydrogen-bond donors (Lipinski definition) is 0. The van der Waals surface area contributed by atoms with Gasteiger partial charge >= 0.3 is 5.97 Å². The first-order chi connectivity index (χ1) is 10.1. The molecule has 7 heteroatoms. The van der Waals surface area contributed by atoms with Gasteiger partial charge in [-0.05, 0) is 12.1 Å². The van der Waals surface area contributed by atoms with Crippen LogP contribution < -0.4 is 4.74 Å². The normalized spacial score (nSPS) is 19.3. The highest BCUT2D eigenvalue weighted by molar-refractivity contribution is 6.34. The Hall–Kier alpha value is -1.01. The second kappa shape index (κ2) is 7.84. The van der Waals surface area contributed by atoms with Crippen molar-refractivity contribution in [3.63, 3.8) is 0 Å². The van der Waals surface area contributed by atoms with Crippen molar-refractivity contribution in [2.45, 2.75) is 6.10 Å². The summed E-state index contributed by atoms with van der Waals surface area (Å²) >= 11 is 11.9. The Morgan fingerprint density at radius 3 is 3.05 bits per heavy atom. The average Bonchev–Trinajstić information content (AvgIpc) is 2.48. The lowest BCUT2D eigenvalue weighted by atomic mass is 10.3. The summed E-state index contributed by atoms with van der Waals surface area (Å²) < 4.78 is 15.9. The van der Waals surface area contributed by atoms with E-state index in [2.05, 4.69) is 4.74 Å². The van der Waals surface area contributed by atoms with E-state index >= 15 is 0 Å². The van der Waals surface area contributed by atoms with Gasteiger partial charge in [-0.25, -0.2) is 0 Å². The first-order valence-electron chi connectivity index (χ1n) is 6.57. The van der Waals surface area contributed by atoms with Crippen molar-refractivity contribution in [1.82, 2.24) is 4.90 Å². The van der Waals surface area contributed by atoms with Crippen LogP contribution in [0.15, 0.2) is 18.2 Å². The van der Waals surface area contributed by atoms with Gasteiger partial charge in [-0.2, -0.15) is 0 Å². The molecule has 0 unspecified atom stereocenters. The largest absolute Gasteiger partial charge is 0.489 e. The van der Waals surface area contributed by atoms with Crippen molar-refractivity contribution in [2.75, 3.05) is 40.0 Å². The van der Waals surface area contributed by atoms with Gasteiger partial charge in [0.25, 0.3) is 0 Å². The number of rotatable bonds is 5. The van der Waals surface area contributed by atoms with Gasteiger partial charge < -0.3 is 14.2 Å². The minimum absolute atomic E-state index is 0.126. The van der Waals surface area contributed by atoms with Crippen LogP contribution in [0.1, 0.15) is 0 Å². The molecule has 0 N–H and O–H groups in total. The quantitative estimate of drug-likeness (QED) is 0.773. The van der Waals surface area contributed by atoms with Crippen molar-refractivity contribution in [3.05, 3.63) is 28.2 Å². The Labute approximate surface area is 133 Å². The van der Waals surface area contributed by atoms with Crippen molar-refractivity contribution in [3.8, 4) is 5.75 Å². The Kier molecular flexibility index (Phi) is 6.11. The minimum atomic E-state index is -0.255. The van der Waals surface area contributed by atoms with Crippen LogP contribution in [-0.2, 0) is 14.3 Å². The van der Waals surface area contributed by atoms with Crippen molar-refractivity contribution < 1.29 is 19.0 Å². The molecule has 1 fully saturated rings. The third kappa shape index (κ3) is 5.04. The molecule has 0 bridgehead atoms. The number of nitrogens with zero attached hydrogens (tertiary/aromatic N) is 1. The van der Waals surface area contributed by atoms with E-state index in [4.69, 9.17) is 32.7 Å². The molecule has 1 aromatic rings. The molecular formula is C14H17Cl2NO4. The standard InChI is InChI=1S/C14H17Cl2NO4/c1-19-14(18)8-17-4-5-20-11(7-17)9-21-13-6-10(15)2-3-12(13)16/h2-3,6,11H,4-5,7-9H2,1H3/t11-/m1/s1. The summed E-state index contributed by atoms with van der Waals surface area (Å²) in [5.41, 5.74) is 0. The van der Waals surface area contributed by atoms with Gasteiger partial charge in [0.1, 0.15) is 18.5 Å². The molecule has 0 aromatic heterocycles. The topological polar surface area (TPSA) is 48.0 Å². The van der Waals surface area contributed by atoms with Gasteiger partial charge in [0, 0.05) is 24.2 Å². The van der Waals surface area contributed by atoms with E-state index < -0.39 is 0 Å². The number of carbonyl (C=O) groups excluding carboxylic acids is 1. The van der Waals surface area contributed by atoms with E-state index in [1.54, 1.807) is 18.2 Å². The van der Waals surface area contributed by atoms with Crippen LogP contribution in [-0.4, -0.2) is 56.9 Å². The fraction of sp³-hybridized carbons (Fsp3) is 0.500. The number of methoxy groups -OCH3 is 1. The first-order valence-corrected chi connectivity index (χ1v) is 7.32. The summed E-state index contributed by atoms with van der Waals surface area (Å²) in [6, 6.07) is 5.05. The van der Waals surface area contributed by atoms with Crippen molar-refractivity contribution in [1.29, 1.82) is 0 Å². The van der Waals surface area contributed by atoms with Crippen molar-refractivity contribution in [2.24, 2.45) is 0 Å². The summed E-state index contributed by atoms with van der Waals surface area (Å²) in [6.07, 6.45) is -0.126. The molecule has 0 spiro atoms. The first kappa shape index (κ1) is 16.4. The molecule has 0 radical (unpaired) electrons. The predicted octanol–water partition coefficient (Wildman–Crippen LogP) is 2.25. The monoisotopic (exact) mass is 333 g/mol. The minimum Gasteiger partial charge on any atom is -0.489 e. The maximum absolute atomic E-state index is 11.3. The van der Waals surface area contributed by atoms with E-state index in [-0.39, 0.29) is 18.6 Å². The lowest BCUT2D eigenvalue weighted by molar-refractivity contribution is -0.144. The highest BCUT2D eigenvalue weighted by Crippen LogP contribution is 2.28. The lowest BCUT2D eigenvalue weighted by Gasteiger charge is -2.31. The molecule has 1 aromatic carbocycles. The molecule has 1 aliphatic heterocycles. The fourth-order valence-corrected chi connectivity index (χ4v) is 2.38. The zero-order chi connectivity index (χ0) is 15.2. The molecule has 21 heavy (non-hydrogen) atoms. The number of ether oxygens (including phenoxy) is 3. The average molecular weight is 334 g/mol.